The average molecular weight is 447 g/mol. The Labute approximate surface area is 177 Å². The van der Waals surface area contributed by atoms with Gasteiger partial charge >= 0.3 is 0 Å². The highest BCUT2D eigenvalue weighted by Crippen LogP contribution is 2.35. The number of carbonyl (C=O) groups is 1. The summed E-state index contributed by atoms with van der Waals surface area (Å²) >= 11 is 0. The SMILES string of the molecule is CC(=O)N1CCN(c2oc(-c3ccc(F)cc3)nc2S(=O)(=O)c2ccc(F)cc2)CC1. The lowest BCUT2D eigenvalue weighted by molar-refractivity contribution is -0.129. The lowest BCUT2D eigenvalue weighted by Crippen LogP contribution is -2.48. The number of amides is 1. The van der Waals surface area contributed by atoms with Crippen LogP contribution in [0.25, 0.3) is 11.5 Å². The fourth-order valence-electron chi connectivity index (χ4n) is 3.34. The van der Waals surface area contributed by atoms with Gasteiger partial charge in [0.25, 0.3) is 0 Å². The van der Waals surface area contributed by atoms with E-state index in [0.29, 0.717) is 31.7 Å². The van der Waals surface area contributed by atoms with E-state index in [2.05, 4.69) is 4.98 Å². The van der Waals surface area contributed by atoms with E-state index in [-0.39, 0.29) is 27.6 Å². The minimum Gasteiger partial charge on any atom is -0.419 e. The summed E-state index contributed by atoms with van der Waals surface area (Å²) in [5.74, 6) is -1.03. The van der Waals surface area contributed by atoms with Gasteiger partial charge in [-0.2, -0.15) is 4.98 Å². The predicted octanol–water partition coefficient (Wildman–Crippen LogP) is 3.12. The molecule has 0 bridgehead atoms. The number of sulfone groups is 1. The van der Waals surface area contributed by atoms with E-state index in [1.165, 1.54) is 31.2 Å². The van der Waals surface area contributed by atoms with Crippen molar-refractivity contribution in [1.29, 1.82) is 0 Å². The summed E-state index contributed by atoms with van der Waals surface area (Å²) in [6, 6.07) is 9.75. The monoisotopic (exact) mass is 447 g/mol. The molecule has 1 aromatic heterocycles. The van der Waals surface area contributed by atoms with E-state index >= 15 is 0 Å². The van der Waals surface area contributed by atoms with Crippen LogP contribution in [0.3, 0.4) is 0 Å². The van der Waals surface area contributed by atoms with Crippen molar-refractivity contribution in [2.24, 2.45) is 0 Å². The molecule has 3 aromatic rings. The number of anilines is 1. The van der Waals surface area contributed by atoms with Crippen LogP contribution in [0.1, 0.15) is 6.92 Å². The van der Waals surface area contributed by atoms with Crippen LogP contribution in [0.4, 0.5) is 14.7 Å². The Morgan fingerprint density at radius 3 is 2.03 bits per heavy atom. The standard InChI is InChI=1S/C21H19F2N3O4S/c1-14(27)25-10-12-26(13-11-25)21-20(31(28,29)18-8-6-17(23)7-9-18)24-19(30-21)15-2-4-16(22)5-3-15/h2-9H,10-13H2,1H3. The minimum absolute atomic E-state index is 0.0182. The second-order valence-corrected chi connectivity index (χ2v) is 8.95. The van der Waals surface area contributed by atoms with Crippen molar-refractivity contribution in [3.8, 4) is 11.5 Å². The fraction of sp³-hybridized carbons (Fsp3) is 0.238. The molecular weight excluding hydrogens is 428 g/mol. The third kappa shape index (κ3) is 4.15. The zero-order valence-corrected chi connectivity index (χ0v) is 17.4. The van der Waals surface area contributed by atoms with Crippen molar-refractivity contribution in [3.05, 3.63) is 60.2 Å². The van der Waals surface area contributed by atoms with Gasteiger partial charge in [-0.1, -0.05) is 0 Å². The van der Waals surface area contributed by atoms with E-state index in [4.69, 9.17) is 4.42 Å². The van der Waals surface area contributed by atoms with Gasteiger partial charge < -0.3 is 14.2 Å². The molecule has 2 aromatic carbocycles. The van der Waals surface area contributed by atoms with Crippen LogP contribution in [-0.2, 0) is 14.6 Å². The number of hydrogen-bond donors (Lipinski definition) is 0. The van der Waals surface area contributed by atoms with Gasteiger partial charge in [0.2, 0.25) is 32.5 Å². The zero-order valence-electron chi connectivity index (χ0n) is 16.6. The molecular formula is C21H19F2N3O4S. The molecule has 0 radical (unpaired) electrons. The van der Waals surface area contributed by atoms with Gasteiger partial charge in [0.1, 0.15) is 11.6 Å². The predicted molar refractivity (Wildman–Crippen MR) is 108 cm³/mol. The fourth-order valence-corrected chi connectivity index (χ4v) is 4.66. The molecule has 0 saturated carbocycles. The Kier molecular flexibility index (Phi) is 5.48. The Morgan fingerprint density at radius 1 is 0.935 bits per heavy atom. The third-order valence-corrected chi connectivity index (χ3v) is 6.73. The van der Waals surface area contributed by atoms with Gasteiger partial charge in [0.15, 0.2) is 0 Å². The summed E-state index contributed by atoms with van der Waals surface area (Å²) in [7, 11) is -4.13. The first kappa shape index (κ1) is 21.0. The van der Waals surface area contributed by atoms with Crippen LogP contribution in [0, 0.1) is 11.6 Å². The van der Waals surface area contributed by atoms with Gasteiger partial charge in [-0.05, 0) is 48.5 Å². The number of hydrogen-bond acceptors (Lipinski definition) is 6. The van der Waals surface area contributed by atoms with E-state index < -0.39 is 21.5 Å². The van der Waals surface area contributed by atoms with Crippen LogP contribution in [0.5, 0.6) is 0 Å². The second-order valence-electron chi connectivity index (χ2n) is 7.09. The van der Waals surface area contributed by atoms with Crippen molar-refractivity contribution in [1.82, 2.24) is 9.88 Å². The van der Waals surface area contributed by atoms with Crippen molar-refractivity contribution in [2.75, 3.05) is 31.1 Å². The number of oxazole rings is 1. The molecule has 10 heteroatoms. The van der Waals surface area contributed by atoms with Crippen molar-refractivity contribution < 1.29 is 26.4 Å². The first-order valence-electron chi connectivity index (χ1n) is 9.53. The Bertz CT molecular complexity index is 1200. The molecule has 0 aliphatic carbocycles. The summed E-state index contributed by atoms with van der Waals surface area (Å²) in [4.78, 5) is 19.1. The first-order chi connectivity index (χ1) is 14.8. The first-order valence-corrected chi connectivity index (χ1v) is 11.0. The number of benzene rings is 2. The molecule has 1 aliphatic rings. The molecule has 31 heavy (non-hydrogen) atoms. The zero-order chi connectivity index (χ0) is 22.2. The molecule has 1 amide bonds. The van der Waals surface area contributed by atoms with Crippen LogP contribution >= 0.6 is 0 Å². The average Bonchev–Trinajstić information content (AvgIpc) is 3.21. The van der Waals surface area contributed by atoms with Crippen LogP contribution in [0.15, 0.2) is 62.9 Å². The maximum absolute atomic E-state index is 13.3. The molecule has 0 unspecified atom stereocenters. The molecule has 1 saturated heterocycles. The Hall–Kier alpha value is -3.27. The van der Waals surface area contributed by atoms with Gasteiger partial charge in [-0.3, -0.25) is 4.79 Å². The van der Waals surface area contributed by atoms with E-state index in [0.717, 1.165) is 24.3 Å². The highest BCUT2D eigenvalue weighted by Gasteiger charge is 2.33. The number of aromatic nitrogens is 1. The van der Waals surface area contributed by atoms with E-state index in [1.807, 2.05) is 0 Å². The summed E-state index contributed by atoms with van der Waals surface area (Å²) in [6.45, 7) is 2.98. The Balaban J connectivity index is 1.78. The van der Waals surface area contributed by atoms with E-state index in [1.54, 1.807) is 9.80 Å². The molecule has 7 nitrogen and oxygen atoms in total. The molecule has 2 heterocycles. The highest BCUT2D eigenvalue weighted by molar-refractivity contribution is 7.91. The van der Waals surface area contributed by atoms with Crippen molar-refractivity contribution in [3.63, 3.8) is 0 Å². The number of piperazine rings is 1. The van der Waals surface area contributed by atoms with E-state index in [9.17, 15) is 22.0 Å². The van der Waals surface area contributed by atoms with Gasteiger partial charge in [0.05, 0.1) is 4.90 Å². The summed E-state index contributed by atoms with van der Waals surface area (Å²) < 4.78 is 59.0. The molecule has 0 N–H and O–H groups in total. The molecule has 162 valence electrons. The lowest BCUT2D eigenvalue weighted by atomic mass is 10.2. The molecule has 1 aliphatic heterocycles. The lowest BCUT2D eigenvalue weighted by Gasteiger charge is -2.34. The molecule has 1 fully saturated rings. The molecule has 0 atom stereocenters. The minimum atomic E-state index is -4.13. The van der Waals surface area contributed by atoms with Gasteiger partial charge in [-0.15, -0.1) is 0 Å². The smallest absolute Gasteiger partial charge is 0.236 e. The second kappa shape index (κ2) is 8.10. The normalized spacial score (nSPS) is 14.7. The Morgan fingerprint density at radius 2 is 1.48 bits per heavy atom. The van der Waals surface area contributed by atoms with Crippen molar-refractivity contribution >= 4 is 21.6 Å². The number of nitrogens with zero attached hydrogens (tertiary/aromatic N) is 3. The summed E-state index contributed by atoms with van der Waals surface area (Å²) in [5.41, 5.74) is 0.408. The molecule has 0 spiro atoms. The highest BCUT2D eigenvalue weighted by atomic mass is 32.2. The number of halogens is 2. The maximum atomic E-state index is 13.3. The van der Waals surface area contributed by atoms with Crippen LogP contribution < -0.4 is 4.90 Å². The van der Waals surface area contributed by atoms with Crippen molar-refractivity contribution in [2.45, 2.75) is 16.8 Å². The van der Waals surface area contributed by atoms with Crippen LogP contribution in [-0.4, -0.2) is 50.4 Å². The summed E-state index contributed by atoms with van der Waals surface area (Å²) in [5, 5.41) is -0.310. The number of rotatable bonds is 4. The van der Waals surface area contributed by atoms with Crippen LogP contribution in [0.2, 0.25) is 0 Å². The van der Waals surface area contributed by atoms with Gasteiger partial charge in [0, 0.05) is 38.7 Å². The molecule has 4 rings (SSSR count). The quantitative estimate of drug-likeness (QED) is 0.572. The van der Waals surface area contributed by atoms with Gasteiger partial charge in [-0.25, -0.2) is 17.2 Å². The topological polar surface area (TPSA) is 83.7 Å². The third-order valence-electron chi connectivity index (χ3n) is 5.06. The number of carbonyl (C=O) groups excluding carboxylic acids is 1. The summed E-state index contributed by atoms with van der Waals surface area (Å²) in [6.07, 6.45) is 0. The largest absolute Gasteiger partial charge is 0.419 e. The maximum Gasteiger partial charge on any atom is 0.236 e.